The maximum absolute atomic E-state index is 3.48. The highest BCUT2D eigenvalue weighted by molar-refractivity contribution is 5.57. The third-order valence-electron chi connectivity index (χ3n) is 4.87. The van der Waals surface area contributed by atoms with Crippen molar-refractivity contribution in [3.05, 3.63) is 29.3 Å². The molecule has 1 unspecified atom stereocenters. The third-order valence-corrected chi connectivity index (χ3v) is 4.87. The molecular formula is C17H27N3. The van der Waals surface area contributed by atoms with Crippen molar-refractivity contribution in [3.63, 3.8) is 0 Å². The summed E-state index contributed by atoms with van der Waals surface area (Å²) in [4.78, 5) is 5.21. The minimum Gasteiger partial charge on any atom is -0.384 e. The summed E-state index contributed by atoms with van der Waals surface area (Å²) in [6.45, 7) is 11.6. The second-order valence-electron chi connectivity index (χ2n) is 6.07. The van der Waals surface area contributed by atoms with Gasteiger partial charge in [0.15, 0.2) is 0 Å². The van der Waals surface area contributed by atoms with E-state index in [4.69, 9.17) is 0 Å². The lowest BCUT2D eigenvalue weighted by Crippen LogP contribution is -2.37. The molecule has 1 N–H and O–H groups in total. The number of benzene rings is 1. The van der Waals surface area contributed by atoms with Gasteiger partial charge in [0.1, 0.15) is 0 Å². The van der Waals surface area contributed by atoms with Gasteiger partial charge in [-0.25, -0.2) is 0 Å². The predicted octanol–water partition coefficient (Wildman–Crippen LogP) is 2.57. The molecule has 0 amide bonds. The topological polar surface area (TPSA) is 18.5 Å². The fourth-order valence-corrected chi connectivity index (χ4v) is 3.69. The van der Waals surface area contributed by atoms with Crippen LogP contribution in [0.3, 0.4) is 0 Å². The first kappa shape index (κ1) is 13.9. The van der Waals surface area contributed by atoms with Gasteiger partial charge in [0.25, 0.3) is 0 Å². The molecule has 1 aromatic rings. The average Bonchev–Trinajstić information content (AvgIpc) is 3.09. The number of hydrogen-bond acceptors (Lipinski definition) is 3. The van der Waals surface area contributed by atoms with E-state index in [0.29, 0.717) is 0 Å². The molecule has 2 heterocycles. The van der Waals surface area contributed by atoms with Gasteiger partial charge in [0, 0.05) is 37.9 Å². The van der Waals surface area contributed by atoms with Crippen LogP contribution in [0, 0.1) is 0 Å². The first-order chi connectivity index (χ1) is 9.80. The Morgan fingerprint density at radius 1 is 1.30 bits per heavy atom. The Labute approximate surface area is 123 Å². The molecule has 0 aliphatic carbocycles. The zero-order chi connectivity index (χ0) is 13.9. The summed E-state index contributed by atoms with van der Waals surface area (Å²) < 4.78 is 0. The molecule has 0 radical (unpaired) electrons. The minimum absolute atomic E-state index is 0.762. The highest BCUT2D eigenvalue weighted by Gasteiger charge is 2.26. The van der Waals surface area contributed by atoms with Gasteiger partial charge in [-0.3, -0.25) is 9.80 Å². The Morgan fingerprint density at radius 2 is 2.15 bits per heavy atom. The van der Waals surface area contributed by atoms with Crippen LogP contribution in [0.1, 0.15) is 31.4 Å². The molecule has 20 heavy (non-hydrogen) atoms. The van der Waals surface area contributed by atoms with Crippen LogP contribution in [0.25, 0.3) is 0 Å². The van der Waals surface area contributed by atoms with Crippen LogP contribution in [0.5, 0.6) is 0 Å². The first-order valence-electron chi connectivity index (χ1n) is 8.12. The second kappa shape index (κ2) is 6.15. The summed E-state index contributed by atoms with van der Waals surface area (Å²) in [5, 5.41) is 3.48. The monoisotopic (exact) mass is 273 g/mol. The van der Waals surface area contributed by atoms with E-state index in [-0.39, 0.29) is 0 Å². The molecular weight excluding hydrogens is 246 g/mol. The van der Waals surface area contributed by atoms with Crippen LogP contribution in [-0.4, -0.2) is 48.6 Å². The molecule has 0 aromatic heterocycles. The lowest BCUT2D eigenvalue weighted by molar-refractivity contribution is 0.209. The number of likely N-dealkylation sites (N-methyl/N-ethyl adjacent to an activating group) is 1. The van der Waals surface area contributed by atoms with Crippen LogP contribution >= 0.6 is 0 Å². The van der Waals surface area contributed by atoms with Crippen molar-refractivity contribution in [1.29, 1.82) is 0 Å². The summed E-state index contributed by atoms with van der Waals surface area (Å²) in [6, 6.07) is 7.74. The first-order valence-corrected chi connectivity index (χ1v) is 8.12. The number of likely N-dealkylation sites (tertiary alicyclic amines) is 1. The van der Waals surface area contributed by atoms with E-state index in [0.717, 1.165) is 19.1 Å². The van der Waals surface area contributed by atoms with E-state index in [2.05, 4.69) is 47.2 Å². The Balaban J connectivity index is 1.59. The molecule has 0 spiro atoms. The molecule has 1 atom stereocenters. The van der Waals surface area contributed by atoms with Gasteiger partial charge in [0.05, 0.1) is 0 Å². The average molecular weight is 273 g/mol. The molecule has 1 saturated heterocycles. The summed E-state index contributed by atoms with van der Waals surface area (Å²) in [5.41, 5.74) is 4.30. The zero-order valence-electron chi connectivity index (χ0n) is 12.9. The normalized spacial score (nSPS) is 22.2. The van der Waals surface area contributed by atoms with E-state index < -0.39 is 0 Å². The van der Waals surface area contributed by atoms with Gasteiger partial charge in [-0.15, -0.1) is 0 Å². The van der Waals surface area contributed by atoms with Gasteiger partial charge in [-0.05, 0) is 43.1 Å². The highest BCUT2D eigenvalue weighted by Crippen LogP contribution is 2.25. The number of fused-ring (bicyclic) bond motifs is 1. The molecule has 110 valence electrons. The third kappa shape index (κ3) is 2.84. The predicted molar refractivity (Wildman–Crippen MR) is 85.2 cm³/mol. The standard InChI is InChI=1S/C17H27N3/c1-3-20(4-2)16-8-10-19(13-16)12-14-5-6-15-7-9-18-17(15)11-14/h5-6,11,16,18H,3-4,7-10,12-13H2,1-2H3. The minimum atomic E-state index is 0.762. The van der Waals surface area contributed by atoms with Gasteiger partial charge >= 0.3 is 0 Å². The highest BCUT2D eigenvalue weighted by atomic mass is 15.2. The maximum Gasteiger partial charge on any atom is 0.0376 e. The van der Waals surface area contributed by atoms with Crippen molar-refractivity contribution in [3.8, 4) is 0 Å². The molecule has 0 bridgehead atoms. The lowest BCUT2D eigenvalue weighted by atomic mass is 10.1. The smallest absolute Gasteiger partial charge is 0.0376 e. The second-order valence-corrected chi connectivity index (χ2v) is 6.07. The van der Waals surface area contributed by atoms with Crippen molar-refractivity contribution < 1.29 is 0 Å². The molecule has 1 fully saturated rings. The van der Waals surface area contributed by atoms with E-state index in [1.165, 1.54) is 55.8 Å². The van der Waals surface area contributed by atoms with Crippen LogP contribution in [-0.2, 0) is 13.0 Å². The fraction of sp³-hybridized carbons (Fsp3) is 0.647. The molecule has 1 aromatic carbocycles. The molecule has 2 aliphatic heterocycles. The number of rotatable bonds is 5. The van der Waals surface area contributed by atoms with E-state index in [1.54, 1.807) is 0 Å². The number of anilines is 1. The summed E-state index contributed by atoms with van der Waals surface area (Å²) in [6.07, 6.45) is 2.51. The molecule has 3 rings (SSSR count). The zero-order valence-corrected chi connectivity index (χ0v) is 12.9. The maximum atomic E-state index is 3.48. The van der Waals surface area contributed by atoms with Gasteiger partial charge in [-0.1, -0.05) is 26.0 Å². The van der Waals surface area contributed by atoms with Gasteiger partial charge < -0.3 is 5.32 Å². The quantitative estimate of drug-likeness (QED) is 0.889. The van der Waals surface area contributed by atoms with Gasteiger partial charge in [0.2, 0.25) is 0 Å². The van der Waals surface area contributed by atoms with Crippen LogP contribution in [0.4, 0.5) is 5.69 Å². The molecule has 0 saturated carbocycles. The largest absolute Gasteiger partial charge is 0.384 e. The summed E-state index contributed by atoms with van der Waals surface area (Å²) in [5.74, 6) is 0. The molecule has 3 nitrogen and oxygen atoms in total. The van der Waals surface area contributed by atoms with Crippen molar-refractivity contribution in [2.24, 2.45) is 0 Å². The lowest BCUT2D eigenvalue weighted by Gasteiger charge is -2.26. The Morgan fingerprint density at radius 3 is 2.95 bits per heavy atom. The SMILES string of the molecule is CCN(CC)C1CCN(Cc2ccc3c(c2)NCC3)C1. The van der Waals surface area contributed by atoms with E-state index in [9.17, 15) is 0 Å². The van der Waals surface area contributed by atoms with Crippen molar-refractivity contribution >= 4 is 5.69 Å². The van der Waals surface area contributed by atoms with Crippen LogP contribution in [0.15, 0.2) is 18.2 Å². The number of nitrogens with one attached hydrogen (secondary N) is 1. The fourth-order valence-electron chi connectivity index (χ4n) is 3.69. The molecule has 2 aliphatic rings. The van der Waals surface area contributed by atoms with Crippen molar-refractivity contribution in [1.82, 2.24) is 9.80 Å². The van der Waals surface area contributed by atoms with Crippen LogP contribution < -0.4 is 5.32 Å². The Hall–Kier alpha value is -1.06. The van der Waals surface area contributed by atoms with Crippen molar-refractivity contribution in [2.75, 3.05) is 38.0 Å². The number of hydrogen-bond donors (Lipinski definition) is 1. The molecule has 3 heteroatoms. The summed E-state index contributed by atoms with van der Waals surface area (Å²) >= 11 is 0. The number of nitrogens with zero attached hydrogens (tertiary/aromatic N) is 2. The summed E-state index contributed by atoms with van der Waals surface area (Å²) in [7, 11) is 0. The Kier molecular flexibility index (Phi) is 4.27. The van der Waals surface area contributed by atoms with E-state index in [1.807, 2.05) is 0 Å². The Bertz CT molecular complexity index is 454. The van der Waals surface area contributed by atoms with Gasteiger partial charge in [-0.2, -0.15) is 0 Å². The van der Waals surface area contributed by atoms with Crippen LogP contribution in [0.2, 0.25) is 0 Å². The van der Waals surface area contributed by atoms with Crippen molar-refractivity contribution in [2.45, 2.75) is 39.3 Å². The van der Waals surface area contributed by atoms with E-state index >= 15 is 0 Å².